The molecule has 0 aromatic carbocycles. The van der Waals surface area contributed by atoms with Crippen LogP contribution >= 0.6 is 11.3 Å². The highest BCUT2D eigenvalue weighted by Crippen LogP contribution is 2.34. The summed E-state index contributed by atoms with van der Waals surface area (Å²) in [7, 11) is 0. The van der Waals surface area contributed by atoms with Crippen LogP contribution in [0.4, 0.5) is 5.13 Å². The predicted molar refractivity (Wildman–Crippen MR) is 84.1 cm³/mol. The first-order chi connectivity index (χ1) is 9.02. The van der Waals surface area contributed by atoms with Crippen LogP contribution in [-0.2, 0) is 6.54 Å². The Hall–Kier alpha value is -0.610. The lowest BCUT2D eigenvalue weighted by molar-refractivity contribution is 0.279. The van der Waals surface area contributed by atoms with Crippen LogP contribution < -0.4 is 10.2 Å². The lowest BCUT2D eigenvalue weighted by Crippen LogP contribution is -2.37. The molecule has 1 saturated heterocycles. The molecule has 0 spiro atoms. The number of piperidine rings is 1. The summed E-state index contributed by atoms with van der Waals surface area (Å²) in [6.45, 7) is 13.4. The number of aryl methyl sites for hydroxylation is 1. The van der Waals surface area contributed by atoms with Gasteiger partial charge in [-0.2, -0.15) is 0 Å². The van der Waals surface area contributed by atoms with Gasteiger partial charge in [0.05, 0.1) is 5.69 Å². The molecule has 0 bridgehead atoms. The van der Waals surface area contributed by atoms with E-state index in [4.69, 9.17) is 4.98 Å². The van der Waals surface area contributed by atoms with Gasteiger partial charge in [-0.15, -0.1) is 11.3 Å². The largest absolute Gasteiger partial charge is 0.348 e. The van der Waals surface area contributed by atoms with Crippen LogP contribution in [0.3, 0.4) is 0 Å². The average molecular weight is 281 g/mol. The van der Waals surface area contributed by atoms with Crippen molar-refractivity contribution in [2.45, 2.75) is 53.5 Å². The molecule has 1 aliphatic rings. The molecular weight excluding hydrogens is 254 g/mol. The van der Waals surface area contributed by atoms with Crippen molar-refractivity contribution in [3.8, 4) is 0 Å². The molecule has 1 aromatic heterocycles. The summed E-state index contributed by atoms with van der Waals surface area (Å²) in [6.07, 6.45) is 3.73. The highest BCUT2D eigenvalue weighted by molar-refractivity contribution is 7.15. The number of nitrogens with one attached hydrogen (secondary N) is 1. The van der Waals surface area contributed by atoms with E-state index in [0.29, 0.717) is 5.41 Å². The van der Waals surface area contributed by atoms with E-state index in [2.05, 4.69) is 37.9 Å². The molecule has 1 N–H and O–H groups in total. The van der Waals surface area contributed by atoms with Gasteiger partial charge in [-0.25, -0.2) is 4.98 Å². The highest BCUT2D eigenvalue weighted by Gasteiger charge is 2.27. The Morgan fingerprint density at radius 2 is 2.00 bits per heavy atom. The van der Waals surface area contributed by atoms with Gasteiger partial charge in [0, 0.05) is 24.5 Å². The molecule has 1 fully saturated rings. The maximum atomic E-state index is 4.77. The molecule has 1 aliphatic heterocycles. The van der Waals surface area contributed by atoms with Crippen LogP contribution in [-0.4, -0.2) is 24.6 Å². The van der Waals surface area contributed by atoms with Gasteiger partial charge in [0.1, 0.15) is 0 Å². The van der Waals surface area contributed by atoms with Gasteiger partial charge in [0.2, 0.25) is 0 Å². The van der Waals surface area contributed by atoms with Gasteiger partial charge in [0.25, 0.3) is 0 Å². The third kappa shape index (κ3) is 3.93. The summed E-state index contributed by atoms with van der Waals surface area (Å²) in [5, 5.41) is 4.70. The molecule has 19 heavy (non-hydrogen) atoms. The standard InChI is InChI=1S/C15H27N3S/c1-5-8-16-11-13-12(2)17-14(19-13)18-9-6-15(3,4)7-10-18/h16H,5-11H2,1-4H3. The van der Waals surface area contributed by atoms with Crippen molar-refractivity contribution >= 4 is 16.5 Å². The summed E-state index contributed by atoms with van der Waals surface area (Å²) in [5.74, 6) is 0. The Morgan fingerprint density at radius 1 is 1.32 bits per heavy atom. The highest BCUT2D eigenvalue weighted by atomic mass is 32.1. The Kier molecular flexibility index (Phi) is 4.85. The fraction of sp³-hybridized carbons (Fsp3) is 0.800. The van der Waals surface area contributed by atoms with E-state index < -0.39 is 0 Å². The Labute approximate surface area is 121 Å². The zero-order valence-corrected chi connectivity index (χ0v) is 13.6. The normalized spacial score (nSPS) is 18.8. The fourth-order valence-electron chi connectivity index (χ4n) is 2.39. The number of anilines is 1. The zero-order valence-electron chi connectivity index (χ0n) is 12.8. The molecule has 0 saturated carbocycles. The van der Waals surface area contributed by atoms with E-state index in [1.807, 2.05) is 11.3 Å². The van der Waals surface area contributed by atoms with E-state index in [9.17, 15) is 0 Å². The lowest BCUT2D eigenvalue weighted by atomic mass is 9.83. The number of nitrogens with zero attached hydrogens (tertiary/aromatic N) is 2. The third-order valence-electron chi connectivity index (χ3n) is 3.98. The monoisotopic (exact) mass is 281 g/mol. The second-order valence-electron chi connectivity index (χ2n) is 6.33. The second kappa shape index (κ2) is 6.23. The number of aromatic nitrogens is 1. The number of thiazole rings is 1. The molecule has 3 nitrogen and oxygen atoms in total. The minimum atomic E-state index is 0.508. The van der Waals surface area contributed by atoms with E-state index in [1.165, 1.54) is 35.0 Å². The van der Waals surface area contributed by atoms with Crippen molar-refractivity contribution in [2.75, 3.05) is 24.5 Å². The summed E-state index contributed by atoms with van der Waals surface area (Å²) < 4.78 is 0. The molecule has 2 rings (SSSR count). The average Bonchev–Trinajstić information content (AvgIpc) is 2.71. The van der Waals surface area contributed by atoms with Gasteiger partial charge in [-0.05, 0) is 38.1 Å². The molecule has 0 aliphatic carbocycles. The van der Waals surface area contributed by atoms with E-state index in [1.54, 1.807) is 0 Å². The van der Waals surface area contributed by atoms with Gasteiger partial charge in [-0.3, -0.25) is 0 Å². The first kappa shape index (κ1) is 14.8. The maximum Gasteiger partial charge on any atom is 0.185 e. The van der Waals surface area contributed by atoms with Crippen LogP contribution in [0.25, 0.3) is 0 Å². The van der Waals surface area contributed by atoms with Gasteiger partial charge < -0.3 is 10.2 Å². The van der Waals surface area contributed by atoms with Crippen LogP contribution in [0, 0.1) is 12.3 Å². The number of hydrogen-bond acceptors (Lipinski definition) is 4. The van der Waals surface area contributed by atoms with Crippen LogP contribution in [0.15, 0.2) is 0 Å². The second-order valence-corrected chi connectivity index (χ2v) is 7.40. The number of rotatable bonds is 5. The van der Waals surface area contributed by atoms with E-state index in [-0.39, 0.29) is 0 Å². The fourth-order valence-corrected chi connectivity index (χ4v) is 3.48. The summed E-state index contributed by atoms with van der Waals surface area (Å²) in [6, 6.07) is 0. The van der Waals surface area contributed by atoms with Crippen molar-refractivity contribution in [1.29, 1.82) is 0 Å². The molecule has 0 amide bonds. The third-order valence-corrected chi connectivity index (χ3v) is 5.20. The van der Waals surface area contributed by atoms with Crippen LogP contribution in [0.5, 0.6) is 0 Å². The predicted octanol–water partition coefficient (Wildman–Crippen LogP) is 3.58. The first-order valence-corrected chi connectivity index (χ1v) is 8.25. The Balaban J connectivity index is 1.96. The van der Waals surface area contributed by atoms with Crippen molar-refractivity contribution in [3.63, 3.8) is 0 Å². The number of hydrogen-bond donors (Lipinski definition) is 1. The first-order valence-electron chi connectivity index (χ1n) is 7.44. The van der Waals surface area contributed by atoms with E-state index in [0.717, 1.165) is 26.2 Å². The minimum Gasteiger partial charge on any atom is -0.348 e. The van der Waals surface area contributed by atoms with Gasteiger partial charge in [0.15, 0.2) is 5.13 Å². The maximum absolute atomic E-state index is 4.77. The summed E-state index contributed by atoms with van der Waals surface area (Å²) in [4.78, 5) is 8.63. The van der Waals surface area contributed by atoms with Gasteiger partial charge >= 0.3 is 0 Å². The summed E-state index contributed by atoms with van der Waals surface area (Å²) in [5.41, 5.74) is 1.71. The molecule has 0 unspecified atom stereocenters. The molecular formula is C15H27N3S. The molecule has 1 aromatic rings. The molecule has 0 radical (unpaired) electrons. The lowest BCUT2D eigenvalue weighted by Gasteiger charge is -2.36. The Morgan fingerprint density at radius 3 is 2.63 bits per heavy atom. The SMILES string of the molecule is CCCNCc1sc(N2CCC(C)(C)CC2)nc1C. The minimum absolute atomic E-state index is 0.508. The smallest absolute Gasteiger partial charge is 0.185 e. The molecule has 4 heteroatoms. The van der Waals surface area contributed by atoms with Crippen molar-refractivity contribution < 1.29 is 0 Å². The van der Waals surface area contributed by atoms with Gasteiger partial charge in [-0.1, -0.05) is 20.8 Å². The zero-order chi connectivity index (χ0) is 13.9. The molecule has 108 valence electrons. The van der Waals surface area contributed by atoms with Crippen LogP contribution in [0.2, 0.25) is 0 Å². The molecule has 0 atom stereocenters. The van der Waals surface area contributed by atoms with E-state index >= 15 is 0 Å². The Bertz CT molecular complexity index is 402. The molecule has 2 heterocycles. The van der Waals surface area contributed by atoms with Crippen molar-refractivity contribution in [2.24, 2.45) is 5.41 Å². The topological polar surface area (TPSA) is 28.2 Å². The summed E-state index contributed by atoms with van der Waals surface area (Å²) >= 11 is 1.87. The van der Waals surface area contributed by atoms with Crippen molar-refractivity contribution in [1.82, 2.24) is 10.3 Å². The quantitative estimate of drug-likeness (QED) is 0.836. The van der Waals surface area contributed by atoms with Crippen molar-refractivity contribution in [3.05, 3.63) is 10.6 Å². The van der Waals surface area contributed by atoms with Crippen LogP contribution in [0.1, 0.15) is 50.6 Å².